The maximum atomic E-state index is 7.51. The summed E-state index contributed by atoms with van der Waals surface area (Å²) in [5.41, 5.74) is 2.76. The molecule has 2 aliphatic rings. The third-order valence-corrected chi connectivity index (χ3v) is 16.0. The number of fused-ring (bicyclic) bond motifs is 1. The predicted octanol–water partition coefficient (Wildman–Crippen LogP) is 8.57. The van der Waals surface area contributed by atoms with E-state index in [1.54, 1.807) is 0 Å². The molecule has 0 amide bonds. The summed E-state index contributed by atoms with van der Waals surface area (Å²) >= 11 is 0. The van der Waals surface area contributed by atoms with Gasteiger partial charge in [-0.05, 0) is 64.3 Å². The fourth-order valence-electron chi connectivity index (χ4n) is 8.78. The van der Waals surface area contributed by atoms with Crippen molar-refractivity contribution in [3.05, 3.63) is 168 Å². The molecule has 7 rings (SSSR count). The van der Waals surface area contributed by atoms with Gasteiger partial charge in [-0.2, -0.15) is 0 Å². The van der Waals surface area contributed by atoms with E-state index in [1.165, 1.54) is 16.8 Å². The number of ether oxygens (including phenoxy) is 1. The highest BCUT2D eigenvalue weighted by atomic mass is 28.4. The van der Waals surface area contributed by atoms with Crippen LogP contribution in [0.25, 0.3) is 0 Å². The molecule has 2 atom stereocenters. The van der Waals surface area contributed by atoms with Crippen LogP contribution in [0.4, 0.5) is 0 Å². The summed E-state index contributed by atoms with van der Waals surface area (Å²) in [6.45, 7) is 9.61. The van der Waals surface area contributed by atoms with Gasteiger partial charge in [-0.1, -0.05) is 172 Å². The zero-order chi connectivity index (χ0) is 33.1. The lowest BCUT2D eigenvalue weighted by atomic mass is 9.79. The Morgan fingerprint density at radius 1 is 0.625 bits per heavy atom. The SMILES string of the molecule is CC(C)(C)[Si](OC[C@H]1CC[C@]2(COC(c3ccccc3)(c3ccccc3)c3ccccc3)CCCN12)(c1ccccc1)c1ccccc1. The first-order valence-electron chi connectivity index (χ1n) is 17.7. The summed E-state index contributed by atoms with van der Waals surface area (Å²) in [7, 11) is -2.62. The number of rotatable bonds is 11. The van der Waals surface area contributed by atoms with Gasteiger partial charge in [0.15, 0.2) is 0 Å². The van der Waals surface area contributed by atoms with Crippen LogP contribution in [0.3, 0.4) is 0 Å². The van der Waals surface area contributed by atoms with Crippen molar-refractivity contribution in [2.24, 2.45) is 0 Å². The Balaban J connectivity index is 1.21. The lowest BCUT2D eigenvalue weighted by Crippen LogP contribution is -2.67. The summed E-state index contributed by atoms with van der Waals surface area (Å²) in [5.74, 6) is 0. The van der Waals surface area contributed by atoms with Gasteiger partial charge in [-0.25, -0.2) is 0 Å². The van der Waals surface area contributed by atoms with E-state index in [0.717, 1.165) is 49.1 Å². The predicted molar refractivity (Wildman–Crippen MR) is 200 cm³/mol. The van der Waals surface area contributed by atoms with Gasteiger partial charge < -0.3 is 9.16 Å². The van der Waals surface area contributed by atoms with Crippen LogP contribution in [0.2, 0.25) is 5.04 Å². The van der Waals surface area contributed by atoms with Crippen molar-refractivity contribution in [3.63, 3.8) is 0 Å². The normalized spacial score (nSPS) is 20.1. The third kappa shape index (κ3) is 5.79. The van der Waals surface area contributed by atoms with Crippen molar-refractivity contribution < 1.29 is 9.16 Å². The molecule has 2 aliphatic heterocycles. The molecule has 0 N–H and O–H groups in total. The Bertz CT molecular complexity index is 1610. The number of benzene rings is 5. The molecular weight excluding hydrogens is 603 g/mol. The van der Waals surface area contributed by atoms with E-state index in [1.807, 2.05) is 0 Å². The standard InChI is InChI=1S/C44H49NO2Si/c1-42(2,3)48(40-26-15-7-16-27-40,41-28-17-8-18-29-41)47-34-39-30-32-43(31-19-33-45(39)43)35-46-44(36-20-9-4-10-21-36,37-22-11-5-12-23-37)38-24-13-6-14-25-38/h4-18,20-29,39H,19,30-35H2,1-3H3/t39-,43+/m1/s1. The summed E-state index contributed by atoms with van der Waals surface area (Å²) < 4.78 is 15.0. The van der Waals surface area contributed by atoms with Gasteiger partial charge in [0, 0.05) is 11.6 Å². The van der Waals surface area contributed by atoms with Crippen molar-refractivity contribution >= 4 is 18.7 Å². The molecule has 0 aliphatic carbocycles. The van der Waals surface area contributed by atoms with Crippen LogP contribution in [-0.4, -0.2) is 44.6 Å². The van der Waals surface area contributed by atoms with E-state index in [-0.39, 0.29) is 10.6 Å². The molecule has 5 aromatic carbocycles. The second-order valence-corrected chi connectivity index (χ2v) is 19.1. The Labute approximate surface area is 288 Å². The second-order valence-electron chi connectivity index (χ2n) is 14.8. The molecule has 2 fully saturated rings. The molecule has 0 unspecified atom stereocenters. The molecule has 4 heteroatoms. The quantitative estimate of drug-likeness (QED) is 0.106. The minimum Gasteiger partial charge on any atom is -0.406 e. The molecule has 3 nitrogen and oxygen atoms in total. The Morgan fingerprint density at radius 3 is 1.50 bits per heavy atom. The summed E-state index contributed by atoms with van der Waals surface area (Å²) in [4.78, 5) is 2.77. The van der Waals surface area contributed by atoms with Gasteiger partial charge in [-0.3, -0.25) is 4.90 Å². The van der Waals surface area contributed by atoms with E-state index in [2.05, 4.69) is 177 Å². The van der Waals surface area contributed by atoms with Crippen LogP contribution in [0.15, 0.2) is 152 Å². The van der Waals surface area contributed by atoms with Crippen LogP contribution in [0, 0.1) is 0 Å². The molecule has 0 radical (unpaired) electrons. The maximum Gasteiger partial charge on any atom is 0.261 e. The molecule has 5 aromatic rings. The number of nitrogens with zero attached hydrogens (tertiary/aromatic N) is 1. The number of hydrogen-bond donors (Lipinski definition) is 0. The van der Waals surface area contributed by atoms with Crippen molar-refractivity contribution in [3.8, 4) is 0 Å². The minimum absolute atomic E-state index is 0.0109. The van der Waals surface area contributed by atoms with Gasteiger partial charge in [0.1, 0.15) is 5.60 Å². The molecule has 0 bridgehead atoms. The average molecular weight is 652 g/mol. The van der Waals surface area contributed by atoms with Crippen LogP contribution in [0.5, 0.6) is 0 Å². The Kier molecular flexibility index (Phi) is 9.28. The first kappa shape index (κ1) is 32.7. The molecule has 0 aromatic heterocycles. The summed E-state index contributed by atoms with van der Waals surface area (Å²) in [6.07, 6.45) is 4.58. The van der Waals surface area contributed by atoms with Crippen molar-refractivity contribution in [1.82, 2.24) is 4.90 Å². The maximum absolute atomic E-state index is 7.51. The largest absolute Gasteiger partial charge is 0.406 e. The van der Waals surface area contributed by atoms with E-state index >= 15 is 0 Å². The average Bonchev–Trinajstić information content (AvgIpc) is 3.70. The Hall–Kier alpha value is -3.80. The highest BCUT2D eigenvalue weighted by Gasteiger charge is 2.54. The van der Waals surface area contributed by atoms with Gasteiger partial charge in [-0.15, -0.1) is 0 Å². The van der Waals surface area contributed by atoms with Crippen molar-refractivity contribution in [1.29, 1.82) is 0 Å². The van der Waals surface area contributed by atoms with Gasteiger partial charge in [0.25, 0.3) is 8.32 Å². The van der Waals surface area contributed by atoms with Gasteiger partial charge in [0.2, 0.25) is 0 Å². The van der Waals surface area contributed by atoms with Gasteiger partial charge in [0.05, 0.1) is 13.2 Å². The van der Waals surface area contributed by atoms with Crippen LogP contribution >= 0.6 is 0 Å². The van der Waals surface area contributed by atoms with Crippen LogP contribution in [-0.2, 0) is 14.8 Å². The summed E-state index contributed by atoms with van der Waals surface area (Å²) in [5, 5.41) is 2.65. The fraction of sp³-hybridized carbons (Fsp3) is 0.318. The van der Waals surface area contributed by atoms with Crippen molar-refractivity contribution in [2.45, 2.75) is 68.7 Å². The molecule has 48 heavy (non-hydrogen) atoms. The lowest BCUT2D eigenvalue weighted by Gasteiger charge is -2.45. The second kappa shape index (κ2) is 13.6. The zero-order valence-corrected chi connectivity index (χ0v) is 29.7. The van der Waals surface area contributed by atoms with E-state index < -0.39 is 13.9 Å². The first-order chi connectivity index (χ1) is 23.4. The molecule has 0 saturated carbocycles. The highest BCUT2D eigenvalue weighted by Crippen LogP contribution is 2.47. The monoisotopic (exact) mass is 651 g/mol. The molecule has 2 saturated heterocycles. The first-order valence-corrected chi connectivity index (χ1v) is 19.6. The Morgan fingerprint density at radius 2 is 1.06 bits per heavy atom. The molecule has 246 valence electrons. The smallest absolute Gasteiger partial charge is 0.261 e. The zero-order valence-electron chi connectivity index (χ0n) is 28.7. The molecule has 2 heterocycles. The topological polar surface area (TPSA) is 21.7 Å². The van der Waals surface area contributed by atoms with Crippen molar-refractivity contribution in [2.75, 3.05) is 19.8 Å². The lowest BCUT2D eigenvalue weighted by molar-refractivity contribution is -0.0488. The highest BCUT2D eigenvalue weighted by molar-refractivity contribution is 6.99. The van der Waals surface area contributed by atoms with Gasteiger partial charge >= 0.3 is 0 Å². The van der Waals surface area contributed by atoms with E-state index in [9.17, 15) is 0 Å². The van der Waals surface area contributed by atoms with E-state index in [0.29, 0.717) is 12.6 Å². The minimum atomic E-state index is -2.62. The molecular formula is C44H49NO2Si. The molecule has 0 spiro atoms. The van der Waals surface area contributed by atoms with Crippen LogP contribution in [0.1, 0.15) is 63.1 Å². The number of hydrogen-bond acceptors (Lipinski definition) is 3. The van der Waals surface area contributed by atoms with Crippen LogP contribution < -0.4 is 10.4 Å². The third-order valence-electron chi connectivity index (χ3n) is 11.0. The van der Waals surface area contributed by atoms with E-state index in [4.69, 9.17) is 9.16 Å². The fourth-order valence-corrected chi connectivity index (χ4v) is 13.4. The summed E-state index contributed by atoms with van der Waals surface area (Å²) in [6, 6.07) is 54.9.